The molecular formula is C15H28N2O2. The van der Waals surface area contributed by atoms with Crippen molar-refractivity contribution in [1.82, 2.24) is 10.2 Å². The number of likely N-dealkylation sites (N-methyl/N-ethyl adjacent to an activating group) is 1. The summed E-state index contributed by atoms with van der Waals surface area (Å²) in [5.74, 6) is 1.08. The van der Waals surface area contributed by atoms with Gasteiger partial charge in [0.25, 0.3) is 0 Å². The van der Waals surface area contributed by atoms with Gasteiger partial charge in [-0.1, -0.05) is 12.8 Å². The van der Waals surface area contributed by atoms with E-state index < -0.39 is 0 Å². The zero-order valence-electron chi connectivity index (χ0n) is 12.4. The van der Waals surface area contributed by atoms with Gasteiger partial charge in [-0.15, -0.1) is 0 Å². The minimum absolute atomic E-state index is 0.0481. The molecule has 0 aromatic carbocycles. The number of amides is 1. The second kappa shape index (κ2) is 7.25. The smallest absolute Gasteiger partial charge is 0.239 e. The average molecular weight is 268 g/mol. The number of hydrogen-bond donors (Lipinski definition) is 1. The van der Waals surface area contributed by atoms with Crippen molar-refractivity contribution in [3.05, 3.63) is 0 Å². The first kappa shape index (κ1) is 14.8. The maximum Gasteiger partial charge on any atom is 0.239 e. The lowest BCUT2D eigenvalue weighted by molar-refractivity contribution is -0.133. The fourth-order valence-electron chi connectivity index (χ4n) is 3.51. The molecule has 4 nitrogen and oxygen atoms in total. The van der Waals surface area contributed by atoms with Crippen molar-refractivity contribution in [3.8, 4) is 0 Å². The molecule has 3 unspecified atom stereocenters. The summed E-state index contributed by atoms with van der Waals surface area (Å²) in [5.41, 5.74) is 0. The second-order valence-corrected chi connectivity index (χ2v) is 6.05. The average Bonchev–Trinajstić information content (AvgIpc) is 2.46. The van der Waals surface area contributed by atoms with Crippen molar-refractivity contribution in [2.75, 3.05) is 27.3 Å². The van der Waals surface area contributed by atoms with Gasteiger partial charge in [-0.2, -0.15) is 0 Å². The molecule has 3 atom stereocenters. The monoisotopic (exact) mass is 268 g/mol. The molecule has 1 saturated carbocycles. The van der Waals surface area contributed by atoms with Crippen LogP contribution < -0.4 is 5.32 Å². The summed E-state index contributed by atoms with van der Waals surface area (Å²) in [7, 11) is 3.61. The summed E-state index contributed by atoms with van der Waals surface area (Å²) < 4.78 is 5.03. The van der Waals surface area contributed by atoms with Gasteiger partial charge in [-0.05, 0) is 38.0 Å². The number of hydrogen-bond acceptors (Lipinski definition) is 3. The highest BCUT2D eigenvalue weighted by atomic mass is 16.5. The molecule has 2 aliphatic rings. The summed E-state index contributed by atoms with van der Waals surface area (Å²) >= 11 is 0. The van der Waals surface area contributed by atoms with Crippen molar-refractivity contribution >= 4 is 5.91 Å². The number of carbonyl (C=O) groups is 1. The SMILES string of the molecule is COCCCN(C)C(=O)C1CCC2CCCCC2N1. The highest BCUT2D eigenvalue weighted by molar-refractivity contribution is 5.81. The van der Waals surface area contributed by atoms with Gasteiger partial charge in [0.15, 0.2) is 0 Å². The molecule has 0 aromatic heterocycles. The molecule has 2 rings (SSSR count). The van der Waals surface area contributed by atoms with Gasteiger partial charge >= 0.3 is 0 Å². The lowest BCUT2D eigenvalue weighted by Gasteiger charge is -2.40. The Morgan fingerprint density at radius 1 is 1.26 bits per heavy atom. The lowest BCUT2D eigenvalue weighted by atomic mass is 9.77. The second-order valence-electron chi connectivity index (χ2n) is 6.05. The van der Waals surface area contributed by atoms with Crippen LogP contribution in [0.5, 0.6) is 0 Å². The van der Waals surface area contributed by atoms with E-state index in [0.29, 0.717) is 6.04 Å². The first-order chi connectivity index (χ1) is 9.22. The number of rotatable bonds is 5. The van der Waals surface area contributed by atoms with Crippen LogP contribution in [0.4, 0.5) is 0 Å². The predicted molar refractivity (Wildman–Crippen MR) is 76.0 cm³/mol. The summed E-state index contributed by atoms with van der Waals surface area (Å²) in [6.07, 6.45) is 8.44. The molecule has 1 aliphatic heterocycles. The molecule has 110 valence electrons. The largest absolute Gasteiger partial charge is 0.385 e. The van der Waals surface area contributed by atoms with E-state index in [4.69, 9.17) is 4.74 Å². The molecule has 4 heteroatoms. The molecule has 19 heavy (non-hydrogen) atoms. The number of nitrogens with one attached hydrogen (secondary N) is 1. The molecule has 0 radical (unpaired) electrons. The first-order valence-electron chi connectivity index (χ1n) is 7.72. The van der Waals surface area contributed by atoms with Crippen LogP contribution in [0.3, 0.4) is 0 Å². The topological polar surface area (TPSA) is 41.6 Å². The van der Waals surface area contributed by atoms with Gasteiger partial charge in [-0.3, -0.25) is 4.79 Å². The molecule has 1 aliphatic carbocycles. The van der Waals surface area contributed by atoms with E-state index in [-0.39, 0.29) is 11.9 Å². The van der Waals surface area contributed by atoms with E-state index in [9.17, 15) is 4.79 Å². The zero-order valence-corrected chi connectivity index (χ0v) is 12.4. The quantitative estimate of drug-likeness (QED) is 0.773. The molecule has 1 amide bonds. The highest BCUT2D eigenvalue weighted by Crippen LogP contribution is 2.32. The third kappa shape index (κ3) is 3.93. The van der Waals surface area contributed by atoms with Crippen LogP contribution in [0.25, 0.3) is 0 Å². The normalized spacial score (nSPS) is 30.7. The number of ether oxygens (including phenoxy) is 1. The first-order valence-corrected chi connectivity index (χ1v) is 7.72. The Labute approximate surface area is 116 Å². The highest BCUT2D eigenvalue weighted by Gasteiger charge is 2.35. The van der Waals surface area contributed by atoms with Gasteiger partial charge in [0.1, 0.15) is 0 Å². The van der Waals surface area contributed by atoms with Gasteiger partial charge in [0.2, 0.25) is 5.91 Å². The van der Waals surface area contributed by atoms with Crippen molar-refractivity contribution in [1.29, 1.82) is 0 Å². The Morgan fingerprint density at radius 2 is 2.05 bits per heavy atom. The van der Waals surface area contributed by atoms with Gasteiger partial charge < -0.3 is 15.0 Å². The summed E-state index contributed by atoms with van der Waals surface area (Å²) in [6.45, 7) is 1.51. The Balaban J connectivity index is 1.79. The van der Waals surface area contributed by atoms with E-state index in [0.717, 1.165) is 31.9 Å². The molecule has 2 fully saturated rings. The van der Waals surface area contributed by atoms with Gasteiger partial charge in [-0.25, -0.2) is 0 Å². The number of carbonyl (C=O) groups excluding carboxylic acids is 1. The minimum Gasteiger partial charge on any atom is -0.385 e. The fourth-order valence-corrected chi connectivity index (χ4v) is 3.51. The van der Waals surface area contributed by atoms with Crippen molar-refractivity contribution in [2.45, 2.75) is 57.0 Å². The molecular weight excluding hydrogens is 240 g/mol. The van der Waals surface area contributed by atoms with Crippen LogP contribution in [-0.2, 0) is 9.53 Å². The Kier molecular flexibility index (Phi) is 5.64. The number of fused-ring (bicyclic) bond motifs is 1. The van der Waals surface area contributed by atoms with E-state index in [1.54, 1.807) is 7.11 Å². The molecule has 1 heterocycles. The van der Waals surface area contributed by atoms with Crippen LogP contribution in [0.2, 0.25) is 0 Å². The zero-order chi connectivity index (χ0) is 13.7. The predicted octanol–water partition coefficient (Wildman–Crippen LogP) is 1.79. The molecule has 1 N–H and O–H groups in total. The third-order valence-corrected chi connectivity index (χ3v) is 4.67. The third-order valence-electron chi connectivity index (χ3n) is 4.67. The van der Waals surface area contributed by atoms with Crippen molar-refractivity contribution in [2.24, 2.45) is 5.92 Å². The standard InChI is InChI=1S/C15H28N2O2/c1-17(10-5-11-19-2)15(18)14-9-8-12-6-3-4-7-13(12)16-14/h12-14,16H,3-11H2,1-2H3. The Bertz CT molecular complexity index is 296. The van der Waals surface area contributed by atoms with Crippen LogP contribution in [0, 0.1) is 5.92 Å². The molecule has 1 saturated heterocycles. The maximum absolute atomic E-state index is 12.4. The van der Waals surface area contributed by atoms with E-state index >= 15 is 0 Å². The number of piperidine rings is 1. The van der Waals surface area contributed by atoms with Crippen molar-refractivity contribution in [3.63, 3.8) is 0 Å². The summed E-state index contributed by atoms with van der Waals surface area (Å²) in [5, 5.41) is 3.60. The number of nitrogens with zero attached hydrogens (tertiary/aromatic N) is 1. The Hall–Kier alpha value is -0.610. The van der Waals surface area contributed by atoms with E-state index in [1.807, 2.05) is 11.9 Å². The maximum atomic E-state index is 12.4. The molecule has 0 spiro atoms. The van der Waals surface area contributed by atoms with Crippen molar-refractivity contribution < 1.29 is 9.53 Å². The summed E-state index contributed by atoms with van der Waals surface area (Å²) in [6, 6.07) is 0.635. The van der Waals surface area contributed by atoms with Crippen LogP contribution in [0.15, 0.2) is 0 Å². The van der Waals surface area contributed by atoms with Gasteiger partial charge in [0, 0.05) is 33.4 Å². The number of methoxy groups -OCH3 is 1. The lowest BCUT2D eigenvalue weighted by Crippen LogP contribution is -2.55. The minimum atomic E-state index is 0.0481. The fraction of sp³-hybridized carbons (Fsp3) is 0.933. The summed E-state index contributed by atoms with van der Waals surface area (Å²) in [4.78, 5) is 14.3. The van der Waals surface area contributed by atoms with Crippen LogP contribution in [0.1, 0.15) is 44.9 Å². The molecule has 0 bridgehead atoms. The van der Waals surface area contributed by atoms with E-state index in [1.165, 1.54) is 32.1 Å². The van der Waals surface area contributed by atoms with E-state index in [2.05, 4.69) is 5.32 Å². The Morgan fingerprint density at radius 3 is 2.84 bits per heavy atom. The van der Waals surface area contributed by atoms with Crippen LogP contribution in [-0.4, -0.2) is 50.2 Å². The molecule has 0 aromatic rings. The van der Waals surface area contributed by atoms with Crippen LogP contribution >= 0.6 is 0 Å². The van der Waals surface area contributed by atoms with Gasteiger partial charge in [0.05, 0.1) is 6.04 Å².